The molecule has 3 rings (SSSR count). The molecule has 0 radical (unpaired) electrons. The minimum Gasteiger partial charge on any atom is -0.283 e. The maximum atomic E-state index is 12.5. The van der Waals surface area contributed by atoms with Crippen molar-refractivity contribution in [3.05, 3.63) is 71.1 Å². The van der Waals surface area contributed by atoms with Gasteiger partial charge in [-0.15, -0.1) is 0 Å². The fraction of sp³-hybridized carbons (Fsp3) is 0.0625. The fourth-order valence-electron chi connectivity index (χ4n) is 2.27. The third-order valence-electron chi connectivity index (χ3n) is 3.14. The Balaban J connectivity index is 2.18. The van der Waals surface area contributed by atoms with Gasteiger partial charge >= 0.3 is 5.51 Å². The van der Waals surface area contributed by atoms with Crippen LogP contribution >= 0.6 is 11.8 Å². The molecule has 6 heteroatoms. The topological polar surface area (TPSA) is 22.0 Å². The molecule has 1 aromatic heterocycles. The van der Waals surface area contributed by atoms with E-state index in [0.29, 0.717) is 5.69 Å². The van der Waals surface area contributed by atoms with Crippen molar-refractivity contribution in [3.63, 3.8) is 0 Å². The van der Waals surface area contributed by atoms with E-state index < -0.39 is 5.51 Å². The number of alkyl halides is 3. The lowest BCUT2D eigenvalue weighted by Gasteiger charge is -2.12. The summed E-state index contributed by atoms with van der Waals surface area (Å²) in [6.07, 6.45) is 1.22. The summed E-state index contributed by atoms with van der Waals surface area (Å²) < 4.78 is 38.8. The second-order valence-corrected chi connectivity index (χ2v) is 5.76. The lowest BCUT2D eigenvalue weighted by atomic mass is 10.1. The number of nitrogens with zero attached hydrogens (tertiary/aromatic N) is 1. The molecule has 0 saturated carbocycles. The number of thioether (sulfide) groups is 1. The lowest BCUT2D eigenvalue weighted by Crippen LogP contribution is -2.17. The SMILES string of the molecule is O=c1ccc(SC(F)(F)F)cn1-c1cccc2ccccc12. The van der Waals surface area contributed by atoms with Gasteiger partial charge in [0.25, 0.3) is 5.56 Å². The maximum Gasteiger partial charge on any atom is 0.446 e. The van der Waals surface area contributed by atoms with Crippen molar-refractivity contribution in [2.75, 3.05) is 0 Å². The molecule has 2 nitrogen and oxygen atoms in total. The molecule has 0 fully saturated rings. The van der Waals surface area contributed by atoms with Crippen LogP contribution in [0.1, 0.15) is 0 Å². The fourth-order valence-corrected chi connectivity index (χ4v) is 2.83. The first kappa shape index (κ1) is 14.7. The van der Waals surface area contributed by atoms with Gasteiger partial charge in [0.05, 0.1) is 5.69 Å². The van der Waals surface area contributed by atoms with Crippen LogP contribution in [0.3, 0.4) is 0 Å². The van der Waals surface area contributed by atoms with Gasteiger partial charge in [-0.25, -0.2) is 0 Å². The molecule has 0 unspecified atom stereocenters. The first-order chi connectivity index (χ1) is 10.4. The number of rotatable bonds is 2. The molecule has 112 valence electrons. The molecule has 22 heavy (non-hydrogen) atoms. The van der Waals surface area contributed by atoms with E-state index in [4.69, 9.17) is 0 Å². The number of hydrogen-bond donors (Lipinski definition) is 0. The number of fused-ring (bicyclic) bond motifs is 1. The summed E-state index contributed by atoms with van der Waals surface area (Å²) in [6, 6.07) is 15.1. The average molecular weight is 321 g/mol. The Kier molecular flexibility index (Phi) is 3.70. The van der Waals surface area contributed by atoms with E-state index in [1.807, 2.05) is 30.3 Å². The highest BCUT2D eigenvalue weighted by atomic mass is 32.2. The predicted octanol–water partition coefficient (Wildman–Crippen LogP) is 4.60. The number of benzene rings is 2. The summed E-state index contributed by atoms with van der Waals surface area (Å²) in [7, 11) is 0. The number of pyridine rings is 1. The Hall–Kier alpha value is -2.21. The molecule has 0 spiro atoms. The van der Waals surface area contributed by atoms with Crippen LogP contribution in [0.15, 0.2) is 70.5 Å². The predicted molar refractivity (Wildman–Crippen MR) is 81.5 cm³/mol. The summed E-state index contributed by atoms with van der Waals surface area (Å²) in [5.74, 6) is 0. The Morgan fingerprint density at radius 3 is 2.41 bits per heavy atom. The Morgan fingerprint density at radius 2 is 1.64 bits per heavy atom. The Morgan fingerprint density at radius 1 is 0.909 bits per heavy atom. The van der Waals surface area contributed by atoms with Gasteiger partial charge < -0.3 is 0 Å². The first-order valence-corrected chi connectivity index (χ1v) is 7.22. The molecule has 2 aromatic carbocycles. The Labute approximate surface area is 128 Å². The molecule has 0 atom stereocenters. The van der Waals surface area contributed by atoms with Crippen LogP contribution < -0.4 is 5.56 Å². The van der Waals surface area contributed by atoms with Crippen molar-refractivity contribution in [3.8, 4) is 5.69 Å². The lowest BCUT2D eigenvalue weighted by molar-refractivity contribution is -0.0328. The third-order valence-corrected chi connectivity index (χ3v) is 3.85. The molecule has 0 N–H and O–H groups in total. The molecule has 0 saturated heterocycles. The highest BCUT2D eigenvalue weighted by Gasteiger charge is 2.29. The van der Waals surface area contributed by atoms with E-state index >= 15 is 0 Å². The summed E-state index contributed by atoms with van der Waals surface area (Å²) in [5.41, 5.74) is -4.20. The van der Waals surface area contributed by atoms with Crippen LogP contribution in [-0.2, 0) is 0 Å². The van der Waals surface area contributed by atoms with Crippen molar-refractivity contribution >= 4 is 22.5 Å². The standard InChI is InChI=1S/C16H10F3NOS/c17-16(18,19)22-12-8-9-15(21)20(10-12)14-7-3-5-11-4-1-2-6-13(11)14/h1-10H. The summed E-state index contributed by atoms with van der Waals surface area (Å²) in [6.45, 7) is 0. The summed E-state index contributed by atoms with van der Waals surface area (Å²) in [5, 5.41) is 1.72. The van der Waals surface area contributed by atoms with Gasteiger partial charge in [0, 0.05) is 22.5 Å². The van der Waals surface area contributed by atoms with E-state index in [1.165, 1.54) is 16.8 Å². The molecule has 0 aliphatic heterocycles. The summed E-state index contributed by atoms with van der Waals surface area (Å²) in [4.78, 5) is 12.0. The molecule has 0 aliphatic rings. The highest BCUT2D eigenvalue weighted by Crippen LogP contribution is 2.36. The van der Waals surface area contributed by atoms with Crippen molar-refractivity contribution in [2.24, 2.45) is 0 Å². The number of halogens is 3. The van der Waals surface area contributed by atoms with Crippen molar-refractivity contribution in [1.82, 2.24) is 4.57 Å². The second-order valence-electron chi connectivity index (χ2n) is 4.62. The molecule has 0 amide bonds. The zero-order chi connectivity index (χ0) is 15.7. The quantitative estimate of drug-likeness (QED) is 0.643. The zero-order valence-electron chi connectivity index (χ0n) is 11.2. The van der Waals surface area contributed by atoms with Crippen LogP contribution in [0.25, 0.3) is 16.5 Å². The van der Waals surface area contributed by atoms with Gasteiger partial charge in [0.2, 0.25) is 0 Å². The van der Waals surface area contributed by atoms with Crippen molar-refractivity contribution < 1.29 is 13.2 Å². The minimum absolute atomic E-state index is 0.0277. The molecule has 0 aliphatic carbocycles. The largest absolute Gasteiger partial charge is 0.446 e. The van der Waals surface area contributed by atoms with Gasteiger partial charge in [-0.3, -0.25) is 9.36 Å². The minimum atomic E-state index is -4.39. The molecule has 1 heterocycles. The molecular weight excluding hydrogens is 311 g/mol. The van der Waals surface area contributed by atoms with Crippen LogP contribution in [0.4, 0.5) is 13.2 Å². The second kappa shape index (κ2) is 5.53. The normalized spacial score (nSPS) is 11.8. The van der Waals surface area contributed by atoms with Gasteiger partial charge in [0.1, 0.15) is 0 Å². The third kappa shape index (κ3) is 3.01. The Bertz CT molecular complexity index is 881. The van der Waals surface area contributed by atoms with E-state index in [-0.39, 0.29) is 22.2 Å². The number of aromatic nitrogens is 1. The van der Waals surface area contributed by atoms with Gasteiger partial charge in [-0.2, -0.15) is 13.2 Å². The van der Waals surface area contributed by atoms with Gasteiger partial charge in [-0.05, 0) is 29.3 Å². The first-order valence-electron chi connectivity index (χ1n) is 6.41. The van der Waals surface area contributed by atoms with Crippen LogP contribution in [0, 0.1) is 0 Å². The van der Waals surface area contributed by atoms with Crippen LogP contribution in [0.2, 0.25) is 0 Å². The van der Waals surface area contributed by atoms with E-state index in [1.54, 1.807) is 12.1 Å². The average Bonchev–Trinajstić information content (AvgIpc) is 2.47. The summed E-state index contributed by atoms with van der Waals surface area (Å²) >= 11 is -0.236. The van der Waals surface area contributed by atoms with E-state index in [9.17, 15) is 18.0 Å². The molecule has 3 aromatic rings. The maximum absolute atomic E-state index is 12.5. The number of hydrogen-bond acceptors (Lipinski definition) is 2. The van der Waals surface area contributed by atoms with Crippen LogP contribution in [-0.4, -0.2) is 10.1 Å². The van der Waals surface area contributed by atoms with Gasteiger partial charge in [-0.1, -0.05) is 36.4 Å². The highest BCUT2D eigenvalue weighted by molar-refractivity contribution is 8.00. The van der Waals surface area contributed by atoms with E-state index in [0.717, 1.165) is 16.8 Å². The van der Waals surface area contributed by atoms with Gasteiger partial charge in [0.15, 0.2) is 0 Å². The van der Waals surface area contributed by atoms with Crippen molar-refractivity contribution in [2.45, 2.75) is 10.4 Å². The smallest absolute Gasteiger partial charge is 0.283 e. The zero-order valence-corrected chi connectivity index (χ0v) is 12.0. The monoisotopic (exact) mass is 321 g/mol. The molecule has 0 bridgehead atoms. The molecular formula is C16H10F3NOS. The van der Waals surface area contributed by atoms with Crippen molar-refractivity contribution in [1.29, 1.82) is 0 Å². The van der Waals surface area contributed by atoms with E-state index in [2.05, 4.69) is 0 Å². The van der Waals surface area contributed by atoms with Crippen LogP contribution in [0.5, 0.6) is 0 Å².